The van der Waals surface area contributed by atoms with Gasteiger partial charge >= 0.3 is 0 Å². The van der Waals surface area contributed by atoms with Gasteiger partial charge in [0.05, 0.1) is 11.6 Å². The monoisotopic (exact) mass is 602 g/mol. The van der Waals surface area contributed by atoms with Gasteiger partial charge in [-0.2, -0.15) is 0 Å². The second-order valence-corrected chi connectivity index (χ2v) is 12.7. The molecule has 0 unspecified atom stereocenters. The van der Waals surface area contributed by atoms with Crippen molar-refractivity contribution in [1.29, 1.82) is 0 Å². The predicted octanol–water partition coefficient (Wildman–Crippen LogP) is 1.54. The van der Waals surface area contributed by atoms with Crippen LogP contribution in [0.3, 0.4) is 0 Å². The SMILES string of the molecule is CN1CCN(Cc2ccc(-c3ccc(O)c4c3C[C@@H]3C[C@@H]5[C@@H](N(C)C)C(O)=C(C(N)=O)C(=O)[C@@]5(O)C(O)=C3C4=O)cc2)CC1. The van der Waals surface area contributed by atoms with E-state index in [0.29, 0.717) is 5.56 Å². The fourth-order valence-electron chi connectivity index (χ4n) is 7.58. The number of allylic oxidation sites excluding steroid dienone is 1. The van der Waals surface area contributed by atoms with E-state index in [1.165, 1.54) is 16.5 Å². The van der Waals surface area contributed by atoms with Crippen molar-refractivity contribution in [2.24, 2.45) is 17.6 Å². The van der Waals surface area contributed by atoms with Crippen LogP contribution in [0.2, 0.25) is 0 Å². The molecule has 3 aliphatic carbocycles. The normalized spacial score (nSPS) is 27.8. The van der Waals surface area contributed by atoms with Gasteiger partial charge in [-0.1, -0.05) is 30.3 Å². The summed E-state index contributed by atoms with van der Waals surface area (Å²) in [5, 5.41) is 45.1. The second kappa shape index (κ2) is 10.8. The van der Waals surface area contributed by atoms with Crippen LogP contribution in [0.4, 0.5) is 0 Å². The summed E-state index contributed by atoms with van der Waals surface area (Å²) in [6.45, 7) is 4.91. The van der Waals surface area contributed by atoms with Gasteiger partial charge in [0, 0.05) is 44.2 Å². The molecule has 0 aromatic heterocycles. The van der Waals surface area contributed by atoms with Crippen molar-refractivity contribution in [3.8, 4) is 16.9 Å². The number of likely N-dealkylation sites (N-methyl/N-ethyl adjacent to an activating group) is 2. The number of aliphatic hydroxyl groups is 3. The molecule has 44 heavy (non-hydrogen) atoms. The van der Waals surface area contributed by atoms with Crippen molar-refractivity contribution in [2.75, 3.05) is 47.3 Å². The molecule has 2 aromatic rings. The number of amides is 1. The minimum atomic E-state index is -2.66. The third kappa shape index (κ3) is 4.54. The number of ketones is 2. The number of benzene rings is 2. The number of phenols is 1. The first-order valence-electron chi connectivity index (χ1n) is 14.8. The molecular weight excluding hydrogens is 564 g/mol. The maximum atomic E-state index is 14.0. The summed E-state index contributed by atoms with van der Waals surface area (Å²) >= 11 is 0. The number of nitrogens with two attached hydrogens (primary N) is 1. The fraction of sp³-hybridized carbons (Fsp3) is 0.424. The molecule has 11 heteroatoms. The first-order valence-corrected chi connectivity index (χ1v) is 14.8. The van der Waals surface area contributed by atoms with Crippen molar-refractivity contribution < 1.29 is 34.8 Å². The Morgan fingerprint density at radius 2 is 1.68 bits per heavy atom. The number of phenolic OH excluding ortho intramolecular Hbond substituents is 1. The first-order chi connectivity index (χ1) is 20.8. The number of Topliss-reactive ketones (excluding diaryl/α,β-unsaturated/α-hetero) is 2. The van der Waals surface area contributed by atoms with Crippen molar-refractivity contribution in [1.82, 2.24) is 14.7 Å². The Labute approximate surface area is 255 Å². The molecule has 1 fully saturated rings. The van der Waals surface area contributed by atoms with Gasteiger partial charge in [0.2, 0.25) is 5.78 Å². The number of hydrogen-bond acceptors (Lipinski definition) is 10. The number of aliphatic hydroxyl groups excluding tert-OH is 2. The van der Waals surface area contributed by atoms with Crippen molar-refractivity contribution in [3.63, 3.8) is 0 Å². The number of rotatable bonds is 5. The summed E-state index contributed by atoms with van der Waals surface area (Å²) in [5.74, 6) is -6.61. The van der Waals surface area contributed by atoms with Gasteiger partial charge in [-0.25, -0.2) is 0 Å². The summed E-state index contributed by atoms with van der Waals surface area (Å²) in [6.07, 6.45) is 0.284. The lowest BCUT2D eigenvalue weighted by Gasteiger charge is -2.50. The number of nitrogens with zero attached hydrogens (tertiary/aromatic N) is 3. The quantitative estimate of drug-likeness (QED) is 0.317. The molecule has 1 aliphatic heterocycles. The minimum Gasteiger partial charge on any atom is -0.510 e. The molecule has 1 heterocycles. The summed E-state index contributed by atoms with van der Waals surface area (Å²) in [4.78, 5) is 45.9. The van der Waals surface area contributed by atoms with Crippen molar-refractivity contribution >= 4 is 17.5 Å². The van der Waals surface area contributed by atoms with Crippen LogP contribution in [-0.4, -0.2) is 112 Å². The molecule has 232 valence electrons. The van der Waals surface area contributed by atoms with Gasteiger partial charge in [0.1, 0.15) is 22.8 Å². The number of aromatic hydroxyl groups is 1. The molecule has 0 bridgehead atoms. The molecule has 1 amide bonds. The van der Waals surface area contributed by atoms with E-state index in [-0.39, 0.29) is 29.7 Å². The summed E-state index contributed by atoms with van der Waals surface area (Å²) in [6, 6.07) is 10.3. The van der Waals surface area contributed by atoms with E-state index in [9.17, 15) is 34.8 Å². The summed E-state index contributed by atoms with van der Waals surface area (Å²) < 4.78 is 0. The largest absolute Gasteiger partial charge is 0.510 e. The molecule has 6 N–H and O–H groups in total. The highest BCUT2D eigenvalue weighted by molar-refractivity contribution is 6.24. The summed E-state index contributed by atoms with van der Waals surface area (Å²) in [5.41, 5.74) is 5.17. The Morgan fingerprint density at radius 1 is 1.02 bits per heavy atom. The minimum absolute atomic E-state index is 0.00444. The van der Waals surface area contributed by atoms with E-state index in [2.05, 4.69) is 29.0 Å². The van der Waals surface area contributed by atoms with Crippen LogP contribution in [0, 0.1) is 11.8 Å². The predicted molar refractivity (Wildman–Crippen MR) is 162 cm³/mol. The second-order valence-electron chi connectivity index (χ2n) is 12.7. The number of fused-ring (bicyclic) bond motifs is 3. The smallest absolute Gasteiger partial charge is 0.255 e. The molecule has 4 aliphatic rings. The van der Waals surface area contributed by atoms with Crippen LogP contribution in [0.1, 0.15) is 27.9 Å². The first kappa shape index (κ1) is 30.0. The fourth-order valence-corrected chi connectivity index (χ4v) is 7.58. The number of carbonyl (C=O) groups is 3. The van der Waals surface area contributed by atoms with Gasteiger partial charge in [-0.15, -0.1) is 0 Å². The van der Waals surface area contributed by atoms with Gasteiger partial charge < -0.3 is 31.1 Å². The van der Waals surface area contributed by atoms with Gasteiger partial charge in [0.25, 0.3) is 5.91 Å². The number of carbonyl (C=O) groups excluding carboxylic acids is 3. The lowest BCUT2D eigenvalue weighted by atomic mass is 9.58. The third-order valence-electron chi connectivity index (χ3n) is 9.87. The van der Waals surface area contributed by atoms with Gasteiger partial charge in [-0.3, -0.25) is 24.2 Å². The number of hydrogen-bond donors (Lipinski definition) is 5. The lowest BCUT2D eigenvalue weighted by molar-refractivity contribution is -0.148. The van der Waals surface area contributed by atoms with Gasteiger partial charge in [-0.05, 0) is 68.2 Å². The molecule has 0 radical (unpaired) electrons. The average Bonchev–Trinajstić information content (AvgIpc) is 2.96. The zero-order chi connectivity index (χ0) is 31.7. The van der Waals surface area contributed by atoms with E-state index in [1.807, 2.05) is 12.1 Å². The standard InChI is InChI=1S/C33H38N4O7/c1-35(2)27-22-15-19-14-21-20(18-6-4-17(5-7-18)16-37-12-10-36(3)11-13-37)8-9-23(38)25(21)28(39)24(19)30(41)33(22,44)31(42)26(29(27)40)32(34)43/h4-9,19,22,27,38,40-41,44H,10-16H2,1-3H3,(H2,34,43)/t19-,22-,27-,33+/m1/s1. The average molecular weight is 603 g/mol. The maximum Gasteiger partial charge on any atom is 0.255 e. The van der Waals surface area contributed by atoms with Crippen LogP contribution in [-0.2, 0) is 22.6 Å². The Kier molecular flexibility index (Phi) is 7.40. The maximum absolute atomic E-state index is 14.0. The van der Waals surface area contributed by atoms with E-state index in [1.54, 1.807) is 20.2 Å². The van der Waals surface area contributed by atoms with Crippen LogP contribution < -0.4 is 5.73 Å². The Morgan fingerprint density at radius 3 is 2.30 bits per heavy atom. The Balaban J connectivity index is 1.39. The van der Waals surface area contributed by atoms with Gasteiger partial charge in [0.15, 0.2) is 11.4 Å². The molecule has 2 aromatic carbocycles. The van der Waals surface area contributed by atoms with Crippen LogP contribution in [0.25, 0.3) is 11.1 Å². The Bertz CT molecular complexity index is 1620. The van der Waals surface area contributed by atoms with Crippen LogP contribution >= 0.6 is 0 Å². The zero-order valence-electron chi connectivity index (χ0n) is 25.1. The van der Waals surface area contributed by atoms with E-state index < -0.39 is 58.0 Å². The lowest BCUT2D eigenvalue weighted by Crippen LogP contribution is -2.63. The topological polar surface area (TPSA) is 168 Å². The third-order valence-corrected chi connectivity index (χ3v) is 9.87. The number of piperazine rings is 1. The van der Waals surface area contributed by atoms with E-state index in [4.69, 9.17) is 5.73 Å². The Hall–Kier alpha value is -4.03. The van der Waals surface area contributed by atoms with Crippen molar-refractivity contribution in [3.05, 3.63) is 75.8 Å². The molecule has 1 saturated heterocycles. The number of primary amides is 1. The molecule has 0 spiro atoms. The summed E-state index contributed by atoms with van der Waals surface area (Å²) in [7, 11) is 5.34. The van der Waals surface area contributed by atoms with Crippen molar-refractivity contribution in [2.45, 2.75) is 31.0 Å². The van der Waals surface area contributed by atoms with Crippen LogP contribution in [0.5, 0.6) is 5.75 Å². The molecule has 0 saturated carbocycles. The highest BCUT2D eigenvalue weighted by Gasteiger charge is 2.63. The zero-order valence-corrected chi connectivity index (χ0v) is 25.1. The molecule has 6 rings (SSSR count). The molecular formula is C33H38N4O7. The van der Waals surface area contributed by atoms with E-state index in [0.717, 1.165) is 43.9 Å². The molecule has 4 atom stereocenters. The highest BCUT2D eigenvalue weighted by atomic mass is 16.3. The highest BCUT2D eigenvalue weighted by Crippen LogP contribution is 2.53. The molecule has 11 nitrogen and oxygen atoms in total. The van der Waals surface area contributed by atoms with E-state index >= 15 is 0 Å². The van der Waals surface area contributed by atoms with Crippen LogP contribution in [0.15, 0.2) is 59.1 Å².